The summed E-state index contributed by atoms with van der Waals surface area (Å²) >= 11 is 5.81. The van der Waals surface area contributed by atoms with Crippen molar-refractivity contribution in [1.29, 1.82) is 0 Å². The van der Waals surface area contributed by atoms with Gasteiger partial charge in [0.2, 0.25) is 10.0 Å². The second-order valence-corrected chi connectivity index (χ2v) is 9.35. The van der Waals surface area contributed by atoms with Gasteiger partial charge in [-0.3, -0.25) is 4.79 Å². The molecule has 140 valence electrons. The van der Waals surface area contributed by atoms with E-state index in [-0.39, 0.29) is 25.9 Å². The van der Waals surface area contributed by atoms with Gasteiger partial charge in [-0.2, -0.15) is 0 Å². The van der Waals surface area contributed by atoms with E-state index in [1.807, 2.05) is 0 Å². The zero-order valence-corrected chi connectivity index (χ0v) is 16.0. The molecule has 3 rings (SSSR count). The molecule has 7 nitrogen and oxygen atoms in total. The number of nitrogens with two attached hydrogens (primary N) is 1. The summed E-state index contributed by atoms with van der Waals surface area (Å²) in [5, 5.41) is 4.97. The Hall–Kier alpha value is -2.46. The second-order valence-electron chi connectivity index (χ2n) is 5.57. The van der Waals surface area contributed by atoms with Gasteiger partial charge in [-0.15, -0.1) is 0 Å². The number of hydrogen-bond donors (Lipinski definition) is 1. The van der Waals surface area contributed by atoms with Crippen LogP contribution in [0.25, 0.3) is 0 Å². The van der Waals surface area contributed by atoms with Gasteiger partial charge in [0.15, 0.2) is 5.78 Å². The van der Waals surface area contributed by atoms with Crippen molar-refractivity contribution in [1.82, 2.24) is 3.97 Å². The van der Waals surface area contributed by atoms with Crippen molar-refractivity contribution >= 4 is 37.4 Å². The lowest BCUT2D eigenvalue weighted by Crippen LogP contribution is -2.14. The average molecular weight is 425 g/mol. The zero-order chi connectivity index (χ0) is 19.8. The predicted molar refractivity (Wildman–Crippen MR) is 99.7 cm³/mol. The molecule has 1 heterocycles. The predicted octanol–water partition coefficient (Wildman–Crippen LogP) is 2.26. The summed E-state index contributed by atoms with van der Waals surface area (Å²) in [6, 6.07) is 12.7. The molecule has 0 saturated carbocycles. The Balaban J connectivity index is 1.99. The minimum absolute atomic E-state index is 0.0123. The van der Waals surface area contributed by atoms with Gasteiger partial charge >= 0.3 is 0 Å². The molecule has 0 aliphatic carbocycles. The maximum Gasteiger partial charge on any atom is 0.267 e. The first-order valence-corrected chi connectivity index (χ1v) is 10.8. The Morgan fingerprint density at radius 2 is 1.59 bits per heavy atom. The van der Waals surface area contributed by atoms with Gasteiger partial charge in [0, 0.05) is 23.5 Å². The highest BCUT2D eigenvalue weighted by molar-refractivity contribution is 7.90. The zero-order valence-electron chi connectivity index (χ0n) is 13.6. The minimum Gasteiger partial charge on any atom is -0.289 e. The molecule has 0 saturated heterocycles. The summed E-state index contributed by atoms with van der Waals surface area (Å²) in [7, 11) is -7.96. The first-order chi connectivity index (χ1) is 12.6. The van der Waals surface area contributed by atoms with Crippen LogP contribution in [0.5, 0.6) is 0 Å². The molecule has 1 aromatic heterocycles. The van der Waals surface area contributed by atoms with E-state index in [9.17, 15) is 21.6 Å². The van der Waals surface area contributed by atoms with Gasteiger partial charge < -0.3 is 0 Å². The van der Waals surface area contributed by atoms with E-state index >= 15 is 0 Å². The quantitative estimate of drug-likeness (QED) is 0.630. The van der Waals surface area contributed by atoms with E-state index < -0.39 is 25.8 Å². The van der Waals surface area contributed by atoms with E-state index in [0.717, 1.165) is 16.2 Å². The number of rotatable bonds is 5. The lowest BCUT2D eigenvalue weighted by atomic mass is 10.1. The second kappa shape index (κ2) is 6.93. The minimum atomic E-state index is -4.11. The van der Waals surface area contributed by atoms with Crippen molar-refractivity contribution in [2.75, 3.05) is 0 Å². The number of hydrogen-bond acceptors (Lipinski definition) is 5. The lowest BCUT2D eigenvalue weighted by Gasteiger charge is -2.06. The highest BCUT2D eigenvalue weighted by atomic mass is 35.5. The lowest BCUT2D eigenvalue weighted by molar-refractivity contribution is 0.103. The molecule has 2 N–H and O–H groups in total. The molecule has 2 aromatic carbocycles. The van der Waals surface area contributed by atoms with Crippen molar-refractivity contribution in [2.24, 2.45) is 5.14 Å². The highest BCUT2D eigenvalue weighted by Gasteiger charge is 2.21. The first-order valence-electron chi connectivity index (χ1n) is 7.46. The highest BCUT2D eigenvalue weighted by Crippen LogP contribution is 2.23. The number of benzene rings is 2. The molecule has 0 fully saturated rings. The van der Waals surface area contributed by atoms with E-state index in [2.05, 4.69) is 0 Å². The van der Waals surface area contributed by atoms with Gasteiger partial charge in [-0.05, 0) is 36.4 Å². The van der Waals surface area contributed by atoms with Crippen LogP contribution in [0, 0.1) is 0 Å². The van der Waals surface area contributed by atoms with Crippen LogP contribution >= 0.6 is 11.6 Å². The largest absolute Gasteiger partial charge is 0.289 e. The SMILES string of the molecule is NS(=O)(=O)c1cc(C(=O)c2ccn(S(=O)(=O)c3ccccc3)c2)ccc1Cl. The van der Waals surface area contributed by atoms with E-state index in [4.69, 9.17) is 16.7 Å². The van der Waals surface area contributed by atoms with Crippen LogP contribution in [0.4, 0.5) is 0 Å². The number of sulfonamides is 1. The third kappa shape index (κ3) is 3.81. The van der Waals surface area contributed by atoms with Gasteiger partial charge in [0.25, 0.3) is 10.0 Å². The number of aromatic nitrogens is 1. The number of carbonyl (C=O) groups is 1. The molecule has 10 heteroatoms. The molecule has 0 radical (unpaired) electrons. The van der Waals surface area contributed by atoms with Crippen LogP contribution in [0.15, 0.2) is 76.8 Å². The molecular weight excluding hydrogens is 412 g/mol. The Bertz CT molecular complexity index is 1230. The summed E-state index contributed by atoms with van der Waals surface area (Å²) < 4.78 is 49.2. The van der Waals surface area contributed by atoms with Crippen molar-refractivity contribution in [3.63, 3.8) is 0 Å². The summed E-state index contributed by atoms with van der Waals surface area (Å²) in [6.07, 6.45) is 2.40. The molecule has 27 heavy (non-hydrogen) atoms. The molecule has 0 aliphatic rings. The summed E-state index contributed by atoms with van der Waals surface area (Å²) in [5.74, 6) is -0.571. The van der Waals surface area contributed by atoms with Gasteiger partial charge in [-0.1, -0.05) is 29.8 Å². The third-order valence-corrected chi connectivity index (χ3v) is 6.79. The van der Waals surface area contributed by atoms with Gasteiger partial charge in [0.05, 0.1) is 9.92 Å². The maximum absolute atomic E-state index is 12.6. The maximum atomic E-state index is 12.6. The number of ketones is 1. The summed E-state index contributed by atoms with van der Waals surface area (Å²) in [5.41, 5.74) is 0.0792. The van der Waals surface area contributed by atoms with Crippen LogP contribution in [0.2, 0.25) is 5.02 Å². The Labute approximate surface area is 161 Å². The molecule has 0 spiro atoms. The van der Waals surface area contributed by atoms with Crippen LogP contribution < -0.4 is 5.14 Å². The van der Waals surface area contributed by atoms with E-state index in [0.29, 0.717) is 0 Å². The Kier molecular flexibility index (Phi) is 4.96. The number of nitrogens with zero attached hydrogens (tertiary/aromatic N) is 1. The standard InChI is InChI=1S/C17H13ClN2O5S2/c18-15-7-6-12(10-16(15)26(19,22)23)17(21)13-8-9-20(11-13)27(24,25)14-4-2-1-3-5-14/h1-11H,(H2,19,22,23). The van der Waals surface area contributed by atoms with Gasteiger partial charge in [0.1, 0.15) is 4.90 Å². The molecular formula is C17H13ClN2O5S2. The van der Waals surface area contributed by atoms with E-state index in [1.165, 1.54) is 36.5 Å². The van der Waals surface area contributed by atoms with Crippen LogP contribution in [-0.4, -0.2) is 26.6 Å². The van der Waals surface area contributed by atoms with Crippen molar-refractivity contribution in [3.05, 3.63) is 83.1 Å². The Morgan fingerprint density at radius 3 is 2.22 bits per heavy atom. The molecule has 0 bridgehead atoms. The third-order valence-electron chi connectivity index (χ3n) is 3.75. The van der Waals surface area contributed by atoms with Crippen LogP contribution in [0.3, 0.4) is 0 Å². The fourth-order valence-electron chi connectivity index (χ4n) is 2.40. The smallest absolute Gasteiger partial charge is 0.267 e. The van der Waals surface area contributed by atoms with Gasteiger partial charge in [-0.25, -0.2) is 25.9 Å². The average Bonchev–Trinajstić information content (AvgIpc) is 3.12. The fourth-order valence-corrected chi connectivity index (χ4v) is 4.69. The topological polar surface area (TPSA) is 116 Å². The first kappa shape index (κ1) is 19.3. The monoisotopic (exact) mass is 424 g/mol. The summed E-state index contributed by atoms with van der Waals surface area (Å²) in [4.78, 5) is 12.3. The van der Waals surface area contributed by atoms with Crippen LogP contribution in [-0.2, 0) is 20.0 Å². The van der Waals surface area contributed by atoms with Crippen LogP contribution in [0.1, 0.15) is 15.9 Å². The number of halogens is 1. The fraction of sp³-hybridized carbons (Fsp3) is 0. The number of primary sulfonamides is 1. The normalized spacial score (nSPS) is 12.1. The molecule has 0 aliphatic heterocycles. The molecule has 0 unspecified atom stereocenters. The molecule has 0 atom stereocenters. The Morgan fingerprint density at radius 1 is 0.926 bits per heavy atom. The number of carbonyl (C=O) groups excluding carboxylic acids is 1. The van der Waals surface area contributed by atoms with E-state index in [1.54, 1.807) is 18.2 Å². The van der Waals surface area contributed by atoms with Crippen molar-refractivity contribution < 1.29 is 21.6 Å². The molecule has 3 aromatic rings. The molecule has 0 amide bonds. The van der Waals surface area contributed by atoms with Crippen molar-refractivity contribution in [3.8, 4) is 0 Å². The van der Waals surface area contributed by atoms with Crippen molar-refractivity contribution in [2.45, 2.75) is 9.79 Å². The summed E-state index contributed by atoms with van der Waals surface area (Å²) in [6.45, 7) is 0.